The molecule has 1 saturated heterocycles. The maximum absolute atomic E-state index is 14.1. The average molecular weight is 673 g/mol. The predicted molar refractivity (Wildman–Crippen MR) is 188 cm³/mol. The van der Waals surface area contributed by atoms with Crippen LogP contribution in [0.15, 0.2) is 102 Å². The lowest BCUT2D eigenvalue weighted by Gasteiger charge is -2.35. The Bertz CT molecular complexity index is 2110. The number of anilines is 1. The summed E-state index contributed by atoms with van der Waals surface area (Å²) in [6.45, 7) is 1.92. The highest BCUT2D eigenvalue weighted by atomic mass is 16.5. The lowest BCUT2D eigenvalue weighted by Crippen LogP contribution is -2.50. The number of piperazine rings is 1. The van der Waals surface area contributed by atoms with Gasteiger partial charge in [0.05, 0.1) is 51.1 Å². The molecular weight excluding hydrogens is 636 g/mol. The van der Waals surface area contributed by atoms with Crippen LogP contribution in [0.25, 0.3) is 28.2 Å². The van der Waals surface area contributed by atoms with Crippen molar-refractivity contribution < 1.29 is 28.2 Å². The normalized spacial score (nSPS) is 12.9. The summed E-state index contributed by atoms with van der Waals surface area (Å²) in [6, 6.07) is 28.1. The van der Waals surface area contributed by atoms with Crippen molar-refractivity contribution in [1.82, 2.24) is 24.4 Å². The molecule has 1 aliphatic rings. The SMILES string of the molecule is COc1cc(-c2cc(C(=O)N3CCN(C(=O)c4ccccc4NCc4ccco4)CC3)nc3cc(-c4ccccc4)nn23)cc(OC)c1OC. The van der Waals surface area contributed by atoms with Crippen LogP contribution in [0.2, 0.25) is 0 Å². The number of methoxy groups -OCH3 is 3. The molecule has 0 atom stereocenters. The number of hydrogen-bond acceptors (Lipinski definition) is 9. The van der Waals surface area contributed by atoms with Gasteiger partial charge in [-0.15, -0.1) is 0 Å². The molecule has 7 rings (SSSR count). The van der Waals surface area contributed by atoms with Gasteiger partial charge in [0, 0.05) is 49.1 Å². The zero-order valence-corrected chi connectivity index (χ0v) is 28.0. The Morgan fingerprint density at radius 2 is 1.44 bits per heavy atom. The third-order valence-corrected chi connectivity index (χ3v) is 8.72. The number of nitrogens with zero attached hydrogens (tertiary/aromatic N) is 5. The van der Waals surface area contributed by atoms with E-state index in [1.165, 1.54) is 0 Å². The van der Waals surface area contributed by atoms with E-state index >= 15 is 0 Å². The Balaban J connectivity index is 1.16. The number of fused-ring (bicyclic) bond motifs is 1. The van der Waals surface area contributed by atoms with Gasteiger partial charge >= 0.3 is 0 Å². The monoisotopic (exact) mass is 672 g/mol. The van der Waals surface area contributed by atoms with Crippen LogP contribution in [-0.4, -0.2) is 83.7 Å². The first-order valence-electron chi connectivity index (χ1n) is 16.2. The Labute approximate surface area is 288 Å². The van der Waals surface area contributed by atoms with Crippen LogP contribution in [0.4, 0.5) is 5.69 Å². The van der Waals surface area contributed by atoms with E-state index in [0.29, 0.717) is 78.1 Å². The van der Waals surface area contributed by atoms with Crippen molar-refractivity contribution in [2.24, 2.45) is 0 Å². The van der Waals surface area contributed by atoms with E-state index in [2.05, 4.69) is 5.32 Å². The molecule has 4 heterocycles. The van der Waals surface area contributed by atoms with Gasteiger partial charge in [0.25, 0.3) is 11.8 Å². The van der Waals surface area contributed by atoms with Gasteiger partial charge in [-0.2, -0.15) is 5.10 Å². The lowest BCUT2D eigenvalue weighted by molar-refractivity contribution is 0.0533. The first kappa shape index (κ1) is 32.3. The molecule has 0 aliphatic carbocycles. The van der Waals surface area contributed by atoms with Crippen molar-refractivity contribution in [3.05, 3.63) is 114 Å². The summed E-state index contributed by atoms with van der Waals surface area (Å²) in [5.41, 5.74) is 4.99. The average Bonchev–Trinajstić information content (AvgIpc) is 3.87. The van der Waals surface area contributed by atoms with Crippen LogP contribution in [0.3, 0.4) is 0 Å². The molecule has 12 nitrogen and oxygen atoms in total. The molecule has 0 unspecified atom stereocenters. The highest BCUT2D eigenvalue weighted by molar-refractivity contribution is 6.00. The minimum Gasteiger partial charge on any atom is -0.493 e. The van der Waals surface area contributed by atoms with E-state index < -0.39 is 0 Å². The third-order valence-electron chi connectivity index (χ3n) is 8.72. The number of benzene rings is 3. The summed E-state index contributed by atoms with van der Waals surface area (Å²) in [7, 11) is 4.66. The van der Waals surface area contributed by atoms with E-state index in [0.717, 1.165) is 17.0 Å². The van der Waals surface area contributed by atoms with E-state index in [1.54, 1.807) is 48.0 Å². The fourth-order valence-corrected chi connectivity index (χ4v) is 6.13. The second-order valence-electron chi connectivity index (χ2n) is 11.7. The molecule has 1 N–H and O–H groups in total. The van der Waals surface area contributed by atoms with Crippen LogP contribution in [0.5, 0.6) is 17.2 Å². The maximum atomic E-state index is 14.1. The van der Waals surface area contributed by atoms with Gasteiger partial charge in [-0.3, -0.25) is 9.59 Å². The molecule has 0 saturated carbocycles. The number of nitrogens with one attached hydrogen (secondary N) is 1. The molecule has 3 aromatic carbocycles. The molecule has 254 valence electrons. The summed E-state index contributed by atoms with van der Waals surface area (Å²) in [5, 5.41) is 8.19. The summed E-state index contributed by atoms with van der Waals surface area (Å²) in [6.07, 6.45) is 1.62. The van der Waals surface area contributed by atoms with Gasteiger partial charge in [-0.25, -0.2) is 9.50 Å². The standard InChI is InChI=1S/C38H36N6O6/c1-47-33-20-26(21-34(48-2)36(33)49-3)32-22-31(40-35-23-30(41-44(32)35)25-10-5-4-6-11-25)38(46)43-17-15-42(16-18-43)37(45)28-13-7-8-14-29(28)39-24-27-12-9-19-50-27/h4-14,19-23,39H,15-18,24H2,1-3H3. The zero-order chi connectivity index (χ0) is 34.6. The maximum Gasteiger partial charge on any atom is 0.272 e. The van der Waals surface area contributed by atoms with Gasteiger partial charge in [-0.1, -0.05) is 42.5 Å². The van der Waals surface area contributed by atoms with E-state index in [4.69, 9.17) is 28.7 Å². The van der Waals surface area contributed by atoms with Gasteiger partial charge in [-0.05, 0) is 42.5 Å². The molecular formula is C38H36N6O6. The smallest absolute Gasteiger partial charge is 0.272 e. The van der Waals surface area contributed by atoms with Crippen molar-refractivity contribution in [3.63, 3.8) is 0 Å². The molecule has 12 heteroatoms. The van der Waals surface area contributed by atoms with Gasteiger partial charge in [0.1, 0.15) is 11.5 Å². The van der Waals surface area contributed by atoms with E-state index in [1.807, 2.05) is 84.9 Å². The first-order chi connectivity index (χ1) is 24.5. The first-order valence-corrected chi connectivity index (χ1v) is 16.2. The van der Waals surface area contributed by atoms with Crippen molar-refractivity contribution in [2.45, 2.75) is 6.54 Å². The second kappa shape index (κ2) is 14.0. The fourth-order valence-electron chi connectivity index (χ4n) is 6.13. The fraction of sp³-hybridized carbons (Fsp3) is 0.211. The van der Waals surface area contributed by atoms with Crippen LogP contribution in [0, 0.1) is 0 Å². The van der Waals surface area contributed by atoms with Gasteiger partial charge in [0.2, 0.25) is 5.75 Å². The van der Waals surface area contributed by atoms with Crippen LogP contribution in [0.1, 0.15) is 26.6 Å². The number of furan rings is 1. The number of aromatic nitrogens is 3. The number of amides is 2. The summed E-state index contributed by atoms with van der Waals surface area (Å²) >= 11 is 0. The Hall–Kier alpha value is -6.30. The summed E-state index contributed by atoms with van der Waals surface area (Å²) in [4.78, 5) is 36.0. The number of hydrogen-bond donors (Lipinski definition) is 1. The predicted octanol–water partition coefficient (Wildman–Crippen LogP) is 5.89. The highest BCUT2D eigenvalue weighted by Crippen LogP contribution is 2.41. The number of rotatable bonds is 10. The van der Waals surface area contributed by atoms with E-state index in [-0.39, 0.29) is 17.5 Å². The number of ether oxygens (including phenoxy) is 3. The molecule has 0 bridgehead atoms. The van der Waals surface area contributed by atoms with E-state index in [9.17, 15) is 9.59 Å². The highest BCUT2D eigenvalue weighted by Gasteiger charge is 2.28. The topological polar surface area (TPSA) is 124 Å². The quantitative estimate of drug-likeness (QED) is 0.190. The molecule has 0 radical (unpaired) electrons. The minimum atomic E-state index is -0.240. The molecule has 1 fully saturated rings. The summed E-state index contributed by atoms with van der Waals surface area (Å²) in [5.74, 6) is 1.82. The number of carbonyl (C=O) groups is 2. The molecule has 1 aliphatic heterocycles. The van der Waals surface area contributed by atoms with Crippen molar-refractivity contribution in [2.75, 3.05) is 52.8 Å². The largest absolute Gasteiger partial charge is 0.493 e. The third kappa shape index (κ3) is 6.30. The van der Waals surface area contributed by atoms with Gasteiger partial charge < -0.3 is 33.7 Å². The number of para-hydroxylation sites is 1. The second-order valence-corrected chi connectivity index (χ2v) is 11.7. The van der Waals surface area contributed by atoms with Crippen LogP contribution in [-0.2, 0) is 6.54 Å². The molecule has 6 aromatic rings. The van der Waals surface area contributed by atoms with Gasteiger partial charge in [0.15, 0.2) is 17.1 Å². The van der Waals surface area contributed by atoms with Crippen molar-refractivity contribution in [3.8, 4) is 39.8 Å². The summed E-state index contributed by atoms with van der Waals surface area (Å²) < 4.78 is 24.0. The van der Waals surface area contributed by atoms with Crippen molar-refractivity contribution >= 4 is 23.1 Å². The molecule has 0 spiro atoms. The Morgan fingerprint density at radius 3 is 2.10 bits per heavy atom. The zero-order valence-electron chi connectivity index (χ0n) is 28.0. The van der Waals surface area contributed by atoms with Crippen molar-refractivity contribution in [1.29, 1.82) is 0 Å². The van der Waals surface area contributed by atoms with Crippen LogP contribution >= 0.6 is 0 Å². The molecule has 2 amide bonds. The number of carbonyl (C=O) groups excluding carboxylic acids is 2. The van der Waals surface area contributed by atoms with Crippen LogP contribution < -0.4 is 19.5 Å². The minimum absolute atomic E-state index is 0.100. The lowest BCUT2D eigenvalue weighted by atomic mass is 10.1. The molecule has 3 aromatic heterocycles. The molecule has 50 heavy (non-hydrogen) atoms. The Morgan fingerprint density at radius 1 is 0.760 bits per heavy atom. The Kier molecular flexibility index (Phi) is 9.06.